The average molecular weight is 456 g/mol. The first-order chi connectivity index (χ1) is 14.5. The quantitative estimate of drug-likeness (QED) is 0.418. The van der Waals surface area contributed by atoms with Gasteiger partial charge in [-0.2, -0.15) is 0 Å². The third kappa shape index (κ3) is 9.69. The van der Waals surface area contributed by atoms with Crippen LogP contribution in [0, 0.1) is 17.2 Å². The van der Waals surface area contributed by atoms with Gasteiger partial charge in [0.25, 0.3) is 0 Å². The second kappa shape index (κ2) is 11.4. The van der Waals surface area contributed by atoms with Crippen LogP contribution >= 0.6 is 0 Å². The van der Waals surface area contributed by atoms with Crippen LogP contribution in [0.3, 0.4) is 0 Å². The highest BCUT2D eigenvalue weighted by Crippen LogP contribution is 2.38. The molecule has 0 radical (unpaired) electrons. The van der Waals surface area contributed by atoms with E-state index in [1.165, 1.54) is 13.0 Å². The number of benzene rings is 1. The number of sulfone groups is 1. The molecule has 0 aromatic heterocycles. The standard InChI is InChI=1S/C24H38FNO4S/c1-18(27)15-26-12-6-5-7-13-31(28,29)17-21(24(2,3)4)20-10-11-22(25)23(14-20)30-16-19-8-9-19/h10-11,14,19,21,26H,5-9,12-13,15-17H2,1-4H3. The van der Waals surface area contributed by atoms with Crippen molar-refractivity contribution in [2.45, 2.75) is 65.7 Å². The predicted molar refractivity (Wildman–Crippen MR) is 123 cm³/mol. The van der Waals surface area contributed by atoms with Crippen molar-refractivity contribution in [1.82, 2.24) is 5.32 Å². The maximum Gasteiger partial charge on any atom is 0.165 e. The Hall–Kier alpha value is -1.47. The van der Waals surface area contributed by atoms with Crippen LogP contribution in [0.15, 0.2) is 18.2 Å². The molecule has 1 aromatic carbocycles. The molecule has 1 aliphatic rings. The summed E-state index contributed by atoms with van der Waals surface area (Å²) in [5.74, 6) is 0.342. The summed E-state index contributed by atoms with van der Waals surface area (Å²) in [5.41, 5.74) is 0.506. The first-order valence-corrected chi connectivity index (χ1v) is 13.1. The van der Waals surface area contributed by atoms with Gasteiger partial charge in [-0.25, -0.2) is 12.8 Å². The molecule has 1 unspecified atom stereocenters. The maximum absolute atomic E-state index is 14.2. The number of Topliss-reactive ketones (excluding diaryl/α,β-unsaturated/α-hetero) is 1. The molecule has 1 aromatic rings. The summed E-state index contributed by atoms with van der Waals surface area (Å²) < 4.78 is 45.6. The Morgan fingerprint density at radius 1 is 1.23 bits per heavy atom. The smallest absolute Gasteiger partial charge is 0.165 e. The van der Waals surface area contributed by atoms with E-state index in [9.17, 15) is 17.6 Å². The lowest BCUT2D eigenvalue weighted by Gasteiger charge is -2.31. The average Bonchev–Trinajstić information content (AvgIpc) is 3.48. The second-order valence-corrected chi connectivity index (χ2v) is 12.1. The molecular formula is C24H38FNO4S. The van der Waals surface area contributed by atoms with Gasteiger partial charge in [0.1, 0.15) is 5.78 Å². The third-order valence-electron chi connectivity index (χ3n) is 5.68. The predicted octanol–water partition coefficient (Wildman–Crippen LogP) is 4.51. The van der Waals surface area contributed by atoms with Crippen molar-refractivity contribution in [3.8, 4) is 5.75 Å². The number of hydrogen-bond acceptors (Lipinski definition) is 5. The van der Waals surface area contributed by atoms with Crippen LogP contribution in [0.1, 0.15) is 71.3 Å². The number of ketones is 1. The number of halogens is 1. The van der Waals surface area contributed by atoms with Crippen LogP contribution in [0.25, 0.3) is 0 Å². The highest BCUT2D eigenvalue weighted by atomic mass is 32.2. The number of nitrogens with one attached hydrogen (secondary N) is 1. The summed E-state index contributed by atoms with van der Waals surface area (Å²) in [7, 11) is -3.27. The number of ether oxygens (including phenoxy) is 1. The van der Waals surface area contributed by atoms with Gasteiger partial charge in [-0.1, -0.05) is 33.3 Å². The normalized spacial score (nSPS) is 15.6. The van der Waals surface area contributed by atoms with E-state index in [-0.39, 0.29) is 34.4 Å². The molecule has 0 aliphatic heterocycles. The second-order valence-electron chi connectivity index (χ2n) is 9.92. The highest BCUT2D eigenvalue weighted by molar-refractivity contribution is 7.91. The Morgan fingerprint density at radius 3 is 2.55 bits per heavy atom. The van der Waals surface area contributed by atoms with Crippen LogP contribution in [-0.4, -0.2) is 45.4 Å². The molecule has 1 N–H and O–H groups in total. The zero-order valence-corrected chi connectivity index (χ0v) is 20.2. The van der Waals surface area contributed by atoms with E-state index in [1.54, 1.807) is 12.1 Å². The summed E-state index contributed by atoms with van der Waals surface area (Å²) in [4.78, 5) is 10.9. The molecule has 0 spiro atoms. The Balaban J connectivity index is 1.95. The molecule has 0 saturated heterocycles. The maximum atomic E-state index is 14.2. The lowest BCUT2D eigenvalue weighted by molar-refractivity contribution is -0.116. The molecular weight excluding hydrogens is 417 g/mol. The van der Waals surface area contributed by atoms with Crippen molar-refractivity contribution in [2.24, 2.45) is 11.3 Å². The monoisotopic (exact) mass is 455 g/mol. The summed E-state index contributed by atoms with van der Waals surface area (Å²) >= 11 is 0. The molecule has 0 bridgehead atoms. The number of unbranched alkanes of at least 4 members (excludes halogenated alkanes) is 2. The van der Waals surface area contributed by atoms with E-state index in [0.717, 1.165) is 31.2 Å². The molecule has 1 saturated carbocycles. The van der Waals surface area contributed by atoms with Gasteiger partial charge < -0.3 is 10.1 Å². The van der Waals surface area contributed by atoms with Crippen molar-refractivity contribution < 1.29 is 22.3 Å². The minimum atomic E-state index is -3.27. The lowest BCUT2D eigenvalue weighted by Crippen LogP contribution is -2.28. The van der Waals surface area contributed by atoms with Crippen molar-refractivity contribution in [1.29, 1.82) is 0 Å². The minimum Gasteiger partial charge on any atom is -0.490 e. The van der Waals surface area contributed by atoms with E-state index in [0.29, 0.717) is 32.0 Å². The Morgan fingerprint density at radius 2 is 1.94 bits per heavy atom. The minimum absolute atomic E-state index is 0.0345. The fourth-order valence-corrected chi connectivity index (χ4v) is 5.55. The van der Waals surface area contributed by atoms with Crippen molar-refractivity contribution in [2.75, 3.05) is 31.2 Å². The molecule has 31 heavy (non-hydrogen) atoms. The molecule has 1 aliphatic carbocycles. The molecule has 7 heteroatoms. The van der Waals surface area contributed by atoms with Gasteiger partial charge >= 0.3 is 0 Å². The first kappa shape index (κ1) is 25.8. The Bertz CT molecular complexity index is 828. The molecule has 1 atom stereocenters. The molecule has 0 heterocycles. The number of carbonyl (C=O) groups excluding carboxylic acids is 1. The largest absolute Gasteiger partial charge is 0.490 e. The number of carbonyl (C=O) groups is 1. The van der Waals surface area contributed by atoms with Gasteiger partial charge in [0.15, 0.2) is 21.4 Å². The SMILES string of the molecule is CC(=O)CNCCCCCS(=O)(=O)CC(c1ccc(F)c(OCC2CC2)c1)C(C)(C)C. The van der Waals surface area contributed by atoms with Crippen LogP contribution in [0.5, 0.6) is 5.75 Å². The van der Waals surface area contributed by atoms with Crippen LogP contribution in [-0.2, 0) is 14.6 Å². The topological polar surface area (TPSA) is 72.5 Å². The highest BCUT2D eigenvalue weighted by Gasteiger charge is 2.32. The Labute approximate surface area is 187 Å². The van der Waals surface area contributed by atoms with Crippen LogP contribution in [0.2, 0.25) is 0 Å². The van der Waals surface area contributed by atoms with Crippen molar-refractivity contribution >= 4 is 15.6 Å². The molecule has 176 valence electrons. The van der Waals surface area contributed by atoms with E-state index >= 15 is 0 Å². The van der Waals surface area contributed by atoms with E-state index in [4.69, 9.17) is 4.74 Å². The molecule has 2 rings (SSSR count). The fourth-order valence-electron chi connectivity index (χ4n) is 3.54. The molecule has 0 amide bonds. The van der Waals surface area contributed by atoms with E-state index in [1.807, 2.05) is 20.8 Å². The van der Waals surface area contributed by atoms with Crippen LogP contribution in [0.4, 0.5) is 4.39 Å². The molecule has 1 fully saturated rings. The van der Waals surface area contributed by atoms with E-state index in [2.05, 4.69) is 5.32 Å². The van der Waals surface area contributed by atoms with Crippen molar-refractivity contribution in [3.05, 3.63) is 29.6 Å². The van der Waals surface area contributed by atoms with Gasteiger partial charge in [0, 0.05) is 5.92 Å². The van der Waals surface area contributed by atoms with Crippen LogP contribution < -0.4 is 10.1 Å². The summed E-state index contributed by atoms with van der Waals surface area (Å²) in [6, 6.07) is 4.76. The number of hydrogen-bond donors (Lipinski definition) is 1. The zero-order valence-electron chi connectivity index (χ0n) is 19.4. The van der Waals surface area contributed by atoms with Gasteiger partial charge in [0.05, 0.1) is 24.7 Å². The lowest BCUT2D eigenvalue weighted by atomic mass is 9.77. The Kier molecular flexibility index (Phi) is 9.49. The van der Waals surface area contributed by atoms with Crippen molar-refractivity contribution in [3.63, 3.8) is 0 Å². The van der Waals surface area contributed by atoms with Gasteiger partial charge in [-0.05, 0) is 68.2 Å². The van der Waals surface area contributed by atoms with E-state index < -0.39 is 15.7 Å². The zero-order chi connectivity index (χ0) is 23.1. The van der Waals surface area contributed by atoms with Gasteiger partial charge in [-0.3, -0.25) is 4.79 Å². The first-order valence-electron chi connectivity index (χ1n) is 11.3. The summed E-state index contributed by atoms with van der Waals surface area (Å²) in [6.45, 7) is 9.17. The van der Waals surface area contributed by atoms with Gasteiger partial charge in [-0.15, -0.1) is 0 Å². The van der Waals surface area contributed by atoms with Gasteiger partial charge in [0.2, 0.25) is 0 Å². The third-order valence-corrected chi connectivity index (χ3v) is 7.43. The summed E-state index contributed by atoms with van der Waals surface area (Å²) in [6.07, 6.45) is 4.47. The fraction of sp³-hybridized carbons (Fsp3) is 0.708. The molecule has 5 nitrogen and oxygen atoms in total. The summed E-state index contributed by atoms with van der Waals surface area (Å²) in [5, 5.41) is 3.05. The number of rotatable bonds is 14.